The molecular weight excluding hydrogens is 161 g/mol. The fourth-order valence-corrected chi connectivity index (χ4v) is 0. The zero-order valence-electron chi connectivity index (χ0n) is 4.48. The van der Waals surface area contributed by atoms with Crippen molar-refractivity contribution in [3.8, 4) is 0 Å². The van der Waals surface area contributed by atoms with Gasteiger partial charge < -0.3 is 1.43 Å². The van der Waals surface area contributed by atoms with Crippen LogP contribution in [0.15, 0.2) is 0 Å². The van der Waals surface area contributed by atoms with Crippen molar-refractivity contribution in [2.24, 2.45) is 0 Å². The van der Waals surface area contributed by atoms with Crippen molar-refractivity contribution in [3.63, 3.8) is 0 Å². The molecule has 0 saturated heterocycles. The molecule has 0 aliphatic rings. The van der Waals surface area contributed by atoms with E-state index < -0.39 is 7.91 Å². The molecule has 7 heteroatoms. The first-order chi connectivity index (χ1) is 2.00. The van der Waals surface area contributed by atoms with Gasteiger partial charge in [0.1, 0.15) is 0 Å². The topological polar surface area (TPSA) is 57.5 Å². The smallest absolute Gasteiger partial charge is 1.00 e. The second kappa shape index (κ2) is 5.34. The van der Waals surface area contributed by atoms with Crippen LogP contribution >= 0.6 is 7.91 Å². The predicted molar refractivity (Wildman–Crippen MR) is 14.3 cm³/mol. The molecule has 0 spiro atoms. The molecule has 0 unspecified atom stereocenters. The summed E-state index contributed by atoms with van der Waals surface area (Å²) in [6.45, 7) is 0. The standard InChI is InChI=1S/FH2O3P.Fe.Li.H/c1-5(2,3)4;;;/h(H2,2,3,4);;;/q;;+1;-1. The average molecular weight is 164 g/mol. The van der Waals surface area contributed by atoms with Crippen LogP contribution in [0.3, 0.4) is 0 Å². The Hall–Kier alpha value is 1.20. The van der Waals surface area contributed by atoms with Gasteiger partial charge in [-0.1, -0.05) is 0 Å². The summed E-state index contributed by atoms with van der Waals surface area (Å²) < 4.78 is 19.0. The normalized spacial score (nSPS) is 8.43. The Morgan fingerprint density at radius 2 is 1.57 bits per heavy atom. The minimum Gasteiger partial charge on any atom is -1.00 e. The van der Waals surface area contributed by atoms with Gasteiger partial charge in [-0.2, -0.15) is 0 Å². The second-order valence-corrected chi connectivity index (χ2v) is 1.42. The zero-order chi connectivity index (χ0) is 4.50. The number of rotatable bonds is 0. The predicted octanol–water partition coefficient (Wildman–Crippen LogP) is -2.84. The summed E-state index contributed by atoms with van der Waals surface area (Å²) in [6.07, 6.45) is 0. The van der Waals surface area contributed by atoms with Gasteiger partial charge in [0, 0.05) is 17.1 Å². The third-order valence-electron chi connectivity index (χ3n) is 0. The largest absolute Gasteiger partial charge is 1.00 e. The van der Waals surface area contributed by atoms with Crippen LogP contribution in [0.4, 0.5) is 4.20 Å². The molecule has 7 heavy (non-hydrogen) atoms. The summed E-state index contributed by atoms with van der Waals surface area (Å²) in [5.41, 5.74) is 0. The van der Waals surface area contributed by atoms with E-state index in [9.17, 15) is 4.20 Å². The van der Waals surface area contributed by atoms with Crippen molar-refractivity contribution in [2.75, 3.05) is 0 Å². The van der Waals surface area contributed by atoms with Crippen LogP contribution in [0.1, 0.15) is 1.43 Å². The van der Waals surface area contributed by atoms with E-state index in [2.05, 4.69) is 0 Å². The monoisotopic (exact) mass is 164 g/mol. The van der Waals surface area contributed by atoms with Crippen LogP contribution in [0.5, 0.6) is 0 Å². The van der Waals surface area contributed by atoms with E-state index in [0.717, 1.165) is 0 Å². The van der Waals surface area contributed by atoms with E-state index in [0.29, 0.717) is 0 Å². The number of hydrogen-bond acceptors (Lipinski definition) is 1. The van der Waals surface area contributed by atoms with Gasteiger partial charge >= 0.3 is 26.8 Å². The maximum absolute atomic E-state index is 10.4. The summed E-state index contributed by atoms with van der Waals surface area (Å²) in [7, 11) is -5.14. The summed E-state index contributed by atoms with van der Waals surface area (Å²) >= 11 is 0. The van der Waals surface area contributed by atoms with E-state index in [1.807, 2.05) is 0 Å². The van der Waals surface area contributed by atoms with Crippen LogP contribution in [0, 0.1) is 0 Å². The van der Waals surface area contributed by atoms with Crippen LogP contribution in [0.2, 0.25) is 0 Å². The zero-order valence-corrected chi connectivity index (χ0v) is 5.48. The van der Waals surface area contributed by atoms with Gasteiger partial charge in [0.15, 0.2) is 0 Å². The fourth-order valence-electron chi connectivity index (χ4n) is 0. The van der Waals surface area contributed by atoms with Gasteiger partial charge in [0.2, 0.25) is 0 Å². The molecule has 0 bridgehead atoms. The van der Waals surface area contributed by atoms with Gasteiger partial charge in [-0.05, 0) is 0 Å². The SMILES string of the molecule is O=P(O)(O)F.[Fe].[H-].[Li+]. The van der Waals surface area contributed by atoms with E-state index in [1.54, 1.807) is 0 Å². The molecule has 3 nitrogen and oxygen atoms in total. The molecule has 2 N–H and O–H groups in total. The minimum atomic E-state index is -5.14. The first-order valence-electron chi connectivity index (χ1n) is 0.752. The van der Waals surface area contributed by atoms with Gasteiger partial charge in [-0.15, -0.1) is 4.20 Å². The van der Waals surface area contributed by atoms with Crippen LogP contribution in [-0.2, 0) is 21.6 Å². The van der Waals surface area contributed by atoms with Gasteiger partial charge in [0.05, 0.1) is 0 Å². The fraction of sp³-hybridized carbons (Fsp3) is 0. The van der Waals surface area contributed by atoms with Crippen LogP contribution in [0.25, 0.3) is 0 Å². The minimum absolute atomic E-state index is 0. The van der Waals surface area contributed by atoms with Crippen LogP contribution < -0.4 is 18.9 Å². The van der Waals surface area contributed by atoms with Crippen molar-refractivity contribution in [1.82, 2.24) is 0 Å². The summed E-state index contributed by atoms with van der Waals surface area (Å²) in [4.78, 5) is 13.9. The van der Waals surface area contributed by atoms with Crippen molar-refractivity contribution in [1.29, 1.82) is 0 Å². The molecule has 42 valence electrons. The molecule has 0 amide bonds. The maximum Gasteiger partial charge on any atom is 1.00 e. The van der Waals surface area contributed by atoms with Crippen LogP contribution in [-0.4, -0.2) is 9.79 Å². The Labute approximate surface area is 64.1 Å². The summed E-state index contributed by atoms with van der Waals surface area (Å²) in [6, 6.07) is 0. The summed E-state index contributed by atoms with van der Waals surface area (Å²) in [5, 5.41) is 0. The molecule has 0 aliphatic carbocycles. The summed E-state index contributed by atoms with van der Waals surface area (Å²) in [5.74, 6) is 0. The van der Waals surface area contributed by atoms with E-state index in [1.165, 1.54) is 0 Å². The quantitative estimate of drug-likeness (QED) is 0.299. The van der Waals surface area contributed by atoms with Crippen molar-refractivity contribution < 1.29 is 55.9 Å². The van der Waals surface area contributed by atoms with E-state index in [4.69, 9.17) is 14.4 Å². The third kappa shape index (κ3) is 136. The Morgan fingerprint density at radius 1 is 1.57 bits per heavy atom. The Kier molecular flexibility index (Phi) is 12.0. The Balaban J connectivity index is -0.0000000267. The molecule has 0 radical (unpaired) electrons. The van der Waals surface area contributed by atoms with Crippen molar-refractivity contribution in [2.45, 2.75) is 0 Å². The maximum atomic E-state index is 10.4. The molecular formula is H3FFeLiO3P. The molecule has 0 saturated carbocycles. The Morgan fingerprint density at radius 3 is 1.57 bits per heavy atom. The Bertz CT molecular complexity index is 65.4. The molecule has 0 fully saturated rings. The average Bonchev–Trinajstić information content (AvgIpc) is 0.722. The van der Waals surface area contributed by atoms with E-state index >= 15 is 0 Å². The third-order valence-corrected chi connectivity index (χ3v) is 0. The van der Waals surface area contributed by atoms with Crippen molar-refractivity contribution >= 4 is 7.91 Å². The molecule has 0 aromatic heterocycles. The first kappa shape index (κ1) is 15.7. The van der Waals surface area contributed by atoms with E-state index in [-0.39, 0.29) is 37.4 Å². The molecule has 0 aromatic carbocycles. The first-order valence-corrected chi connectivity index (χ1v) is 2.25. The molecule has 0 aromatic rings. The molecule has 0 aliphatic heterocycles. The number of halogens is 1. The van der Waals surface area contributed by atoms with Gasteiger partial charge in [0.25, 0.3) is 0 Å². The number of hydrogen-bond donors (Lipinski definition) is 2. The second-order valence-electron chi connectivity index (χ2n) is 0.473. The molecule has 0 heterocycles. The van der Waals surface area contributed by atoms with Crippen molar-refractivity contribution in [3.05, 3.63) is 0 Å². The van der Waals surface area contributed by atoms with Gasteiger partial charge in [-0.3, -0.25) is 9.79 Å². The van der Waals surface area contributed by atoms with Gasteiger partial charge in [-0.25, -0.2) is 4.57 Å². The molecule has 0 atom stereocenters. The molecule has 0 rings (SSSR count).